The summed E-state index contributed by atoms with van der Waals surface area (Å²) in [5, 5.41) is 0. The van der Waals surface area contributed by atoms with Gasteiger partial charge in [-0.25, -0.2) is 0 Å². The average molecular weight is 287 g/mol. The Labute approximate surface area is 107 Å². The van der Waals surface area contributed by atoms with Crippen LogP contribution in [0.3, 0.4) is 0 Å². The van der Waals surface area contributed by atoms with Gasteiger partial charge in [-0.3, -0.25) is 0 Å². The van der Waals surface area contributed by atoms with Gasteiger partial charge in [0.1, 0.15) is 0 Å². The fraction of sp³-hybridized carbons (Fsp3) is 0.833. The molecule has 0 radical (unpaired) electrons. The molecule has 1 saturated carbocycles. The van der Waals surface area contributed by atoms with E-state index in [2.05, 4.69) is 0 Å². The molecule has 110 valence electrons. The average Bonchev–Trinajstić information content (AvgIpc) is 2.22. The lowest BCUT2D eigenvalue weighted by molar-refractivity contribution is -0.371. The molecule has 0 N–H and O–H groups in total. The highest BCUT2D eigenvalue weighted by atomic mass is 19.4. The smallest absolute Gasteiger partial charge is 0.155 e. The highest BCUT2D eigenvalue weighted by molar-refractivity contribution is 5.24. The van der Waals surface area contributed by atoms with Crippen molar-refractivity contribution in [2.75, 3.05) is 6.54 Å². The number of halogens is 6. The Morgan fingerprint density at radius 3 is 2.05 bits per heavy atom. The summed E-state index contributed by atoms with van der Waals surface area (Å²) in [7, 11) is 0. The fourth-order valence-corrected chi connectivity index (χ4v) is 3.16. The second-order valence-electron chi connectivity index (χ2n) is 5.84. The third kappa shape index (κ3) is 2.49. The molecule has 0 heterocycles. The molecule has 0 saturated heterocycles. The van der Waals surface area contributed by atoms with Crippen molar-refractivity contribution in [2.24, 2.45) is 17.3 Å². The Balaban J connectivity index is 2.18. The number of hydrogen-bond donors (Lipinski definition) is 0. The van der Waals surface area contributed by atoms with Crippen LogP contribution in [-0.4, -0.2) is 24.0 Å². The van der Waals surface area contributed by atoms with Gasteiger partial charge in [-0.2, -0.15) is 26.3 Å². The summed E-state index contributed by atoms with van der Waals surface area (Å²) in [4.78, 5) is -1.33. The molecular weight excluding hydrogens is 272 g/mol. The largest absolute Gasteiger partial charge is 0.467 e. The van der Waals surface area contributed by atoms with E-state index < -0.39 is 24.0 Å². The van der Waals surface area contributed by atoms with E-state index in [1.165, 1.54) is 0 Å². The third-order valence-corrected chi connectivity index (χ3v) is 4.54. The zero-order chi connectivity index (χ0) is 14.6. The van der Waals surface area contributed by atoms with Crippen LogP contribution in [0, 0.1) is 17.3 Å². The van der Waals surface area contributed by atoms with Crippen LogP contribution in [0.1, 0.15) is 26.7 Å². The van der Waals surface area contributed by atoms with Crippen molar-refractivity contribution in [1.29, 1.82) is 0 Å². The molecule has 0 aromatic rings. The normalized spacial score (nSPS) is 30.1. The molecule has 2 bridgehead atoms. The number of fused-ring (bicyclic) bond motifs is 1. The SMILES string of the molecule is CC1(C)C2CC=C(CN(C(F)(F)F)C(F)(F)F)C1C2. The lowest BCUT2D eigenvalue weighted by atomic mass is 9.49. The van der Waals surface area contributed by atoms with Crippen LogP contribution in [0.5, 0.6) is 0 Å². The van der Waals surface area contributed by atoms with Crippen molar-refractivity contribution in [3.8, 4) is 0 Å². The van der Waals surface area contributed by atoms with Gasteiger partial charge in [-0.05, 0) is 30.1 Å². The predicted octanol–water partition coefficient (Wildman–Crippen LogP) is 4.32. The molecule has 0 aromatic heterocycles. The number of allylic oxidation sites excluding steroid dienone is 1. The molecule has 3 rings (SSSR count). The number of alkyl halides is 6. The molecule has 0 amide bonds. The van der Waals surface area contributed by atoms with Gasteiger partial charge in [0.15, 0.2) is 0 Å². The van der Waals surface area contributed by atoms with E-state index in [0.717, 1.165) is 0 Å². The molecule has 0 spiro atoms. The fourth-order valence-electron chi connectivity index (χ4n) is 3.16. The zero-order valence-electron chi connectivity index (χ0n) is 10.6. The lowest BCUT2D eigenvalue weighted by Gasteiger charge is -2.57. The van der Waals surface area contributed by atoms with Crippen LogP contribution >= 0.6 is 0 Å². The van der Waals surface area contributed by atoms with E-state index >= 15 is 0 Å². The summed E-state index contributed by atoms with van der Waals surface area (Å²) in [5.41, 5.74) is 0.0783. The summed E-state index contributed by atoms with van der Waals surface area (Å²) in [6.45, 7) is 2.71. The summed E-state index contributed by atoms with van der Waals surface area (Å²) in [6.07, 6.45) is -7.98. The van der Waals surface area contributed by atoms with Gasteiger partial charge in [-0.1, -0.05) is 25.5 Å². The maximum Gasteiger partial charge on any atom is 0.467 e. The van der Waals surface area contributed by atoms with Gasteiger partial charge >= 0.3 is 12.6 Å². The molecular formula is C12H15F6N. The molecule has 7 heteroatoms. The Morgan fingerprint density at radius 1 is 1.16 bits per heavy atom. The summed E-state index contributed by atoms with van der Waals surface area (Å²) in [5.74, 6) is 0.213. The van der Waals surface area contributed by atoms with Gasteiger partial charge in [0.05, 0.1) is 0 Å². The maximum atomic E-state index is 12.5. The van der Waals surface area contributed by atoms with Crippen LogP contribution < -0.4 is 0 Å². The van der Waals surface area contributed by atoms with E-state index in [1.54, 1.807) is 6.08 Å². The molecule has 19 heavy (non-hydrogen) atoms. The van der Waals surface area contributed by atoms with Crippen LogP contribution in [0.4, 0.5) is 26.3 Å². The third-order valence-electron chi connectivity index (χ3n) is 4.54. The molecule has 3 aliphatic rings. The maximum absolute atomic E-state index is 12.5. The summed E-state index contributed by atoms with van der Waals surface area (Å²) < 4.78 is 74.9. The Morgan fingerprint density at radius 2 is 1.68 bits per heavy atom. The number of hydrogen-bond acceptors (Lipinski definition) is 1. The quantitative estimate of drug-likeness (QED) is 0.415. The van der Waals surface area contributed by atoms with Crippen molar-refractivity contribution in [3.05, 3.63) is 11.6 Å². The van der Waals surface area contributed by atoms with E-state index in [-0.39, 0.29) is 16.9 Å². The standard InChI is InChI=1S/C12H15F6N/c1-10(2)8-4-3-7(9(10)5-8)6-19(11(13,14)15)12(16,17)18/h3,8-9H,4-6H2,1-2H3. The van der Waals surface area contributed by atoms with E-state index in [9.17, 15) is 26.3 Å². The van der Waals surface area contributed by atoms with Gasteiger partial charge < -0.3 is 0 Å². The first-order valence-electron chi connectivity index (χ1n) is 6.04. The molecule has 2 atom stereocenters. The number of rotatable bonds is 2. The highest BCUT2D eigenvalue weighted by Crippen LogP contribution is 2.59. The van der Waals surface area contributed by atoms with E-state index in [1.807, 2.05) is 13.8 Å². The zero-order valence-corrected chi connectivity index (χ0v) is 10.6. The van der Waals surface area contributed by atoms with Crippen LogP contribution in [0.2, 0.25) is 0 Å². The molecule has 0 aliphatic heterocycles. The molecule has 3 aliphatic carbocycles. The van der Waals surface area contributed by atoms with Crippen molar-refractivity contribution < 1.29 is 26.3 Å². The highest BCUT2D eigenvalue weighted by Gasteiger charge is 2.57. The Bertz CT molecular complexity index is 378. The summed E-state index contributed by atoms with van der Waals surface area (Å²) in [6, 6.07) is 0. The summed E-state index contributed by atoms with van der Waals surface area (Å²) >= 11 is 0. The first kappa shape index (κ1) is 14.7. The molecule has 0 aromatic carbocycles. The minimum Gasteiger partial charge on any atom is -0.155 e. The van der Waals surface area contributed by atoms with Gasteiger partial charge in [0.2, 0.25) is 0 Å². The lowest BCUT2D eigenvalue weighted by Crippen LogP contribution is -2.54. The predicted molar refractivity (Wildman–Crippen MR) is 56.9 cm³/mol. The van der Waals surface area contributed by atoms with Crippen molar-refractivity contribution >= 4 is 0 Å². The van der Waals surface area contributed by atoms with Gasteiger partial charge in [-0.15, -0.1) is 4.90 Å². The minimum absolute atomic E-state index is 0.168. The van der Waals surface area contributed by atoms with Crippen molar-refractivity contribution in [3.63, 3.8) is 0 Å². The Kier molecular flexibility index (Phi) is 3.20. The van der Waals surface area contributed by atoms with Crippen molar-refractivity contribution in [1.82, 2.24) is 4.90 Å². The van der Waals surface area contributed by atoms with Crippen LogP contribution in [0.25, 0.3) is 0 Å². The second-order valence-corrected chi connectivity index (χ2v) is 5.84. The topological polar surface area (TPSA) is 3.24 Å². The van der Waals surface area contributed by atoms with Gasteiger partial charge in [0, 0.05) is 6.54 Å². The minimum atomic E-state index is -5.40. The second kappa shape index (κ2) is 4.14. The van der Waals surface area contributed by atoms with Crippen LogP contribution in [-0.2, 0) is 0 Å². The first-order valence-corrected chi connectivity index (χ1v) is 6.04. The molecule has 1 nitrogen and oxygen atoms in total. The van der Waals surface area contributed by atoms with Crippen molar-refractivity contribution in [2.45, 2.75) is 39.3 Å². The Hall–Kier alpha value is -0.720. The van der Waals surface area contributed by atoms with Crippen LogP contribution in [0.15, 0.2) is 11.6 Å². The number of nitrogens with zero attached hydrogens (tertiary/aromatic N) is 1. The molecule has 1 fully saturated rings. The molecule has 2 unspecified atom stereocenters. The van der Waals surface area contributed by atoms with Gasteiger partial charge in [0.25, 0.3) is 0 Å². The van der Waals surface area contributed by atoms with E-state index in [0.29, 0.717) is 18.8 Å². The monoisotopic (exact) mass is 287 g/mol. The first-order chi connectivity index (χ1) is 8.44. The van der Waals surface area contributed by atoms with E-state index in [4.69, 9.17) is 0 Å².